The zero-order valence-electron chi connectivity index (χ0n) is 9.56. The standard InChI is InChI=1S/2C5H11.Al.H/c2*1-4-5(2)3;;/h2*5H,1,4H2,2-3H3;;/q;;+1;-1. The summed E-state index contributed by atoms with van der Waals surface area (Å²) in [4.78, 5) is 0. The molecule has 0 aromatic carbocycles. The topological polar surface area (TPSA) is 0 Å². The van der Waals surface area contributed by atoms with Crippen molar-refractivity contribution in [2.75, 3.05) is 0 Å². The minimum Gasteiger partial charge on any atom is -1.00 e. The Morgan fingerprint density at radius 3 is 1.55 bits per heavy atom. The van der Waals surface area contributed by atoms with Crippen LogP contribution in [0.5, 0.6) is 0 Å². The van der Waals surface area contributed by atoms with Gasteiger partial charge in [0.05, 0.1) is 0 Å². The Bertz CT molecular complexity index is 71.9. The molecule has 0 aliphatic carbocycles. The predicted molar refractivity (Wildman–Crippen MR) is 55.4 cm³/mol. The summed E-state index contributed by atoms with van der Waals surface area (Å²) in [6.45, 7) is 9.29. The van der Waals surface area contributed by atoms with E-state index in [2.05, 4.69) is 27.7 Å². The van der Waals surface area contributed by atoms with Crippen LogP contribution in [-0.4, -0.2) is 15.2 Å². The SMILES string of the molecule is CC(C)C[CH2][Al+][CH2]CC(C)C.[H-]. The van der Waals surface area contributed by atoms with Gasteiger partial charge in [-0.15, -0.1) is 0 Å². The summed E-state index contributed by atoms with van der Waals surface area (Å²) in [5.41, 5.74) is 0. The smallest absolute Gasteiger partial charge is 1.00 e. The van der Waals surface area contributed by atoms with E-state index in [-0.39, 0.29) is 1.43 Å². The maximum absolute atomic E-state index is 2.32. The van der Waals surface area contributed by atoms with Crippen LogP contribution in [0, 0.1) is 11.8 Å². The van der Waals surface area contributed by atoms with E-state index < -0.39 is 0 Å². The van der Waals surface area contributed by atoms with E-state index in [1.54, 1.807) is 0 Å². The molecule has 0 saturated heterocycles. The van der Waals surface area contributed by atoms with Crippen LogP contribution in [0.3, 0.4) is 0 Å². The molecule has 0 saturated carbocycles. The molecule has 0 rings (SSSR count). The van der Waals surface area contributed by atoms with Crippen LogP contribution in [-0.2, 0) is 0 Å². The summed E-state index contributed by atoms with van der Waals surface area (Å²) in [7, 11) is 0. The zero-order chi connectivity index (χ0) is 8.69. The molecular formula is C10H23Al. The van der Waals surface area contributed by atoms with Crippen LogP contribution in [0.4, 0.5) is 0 Å². The molecule has 0 spiro atoms. The van der Waals surface area contributed by atoms with Gasteiger partial charge in [-0.1, -0.05) is 0 Å². The van der Waals surface area contributed by atoms with Gasteiger partial charge < -0.3 is 1.43 Å². The van der Waals surface area contributed by atoms with Gasteiger partial charge in [0.2, 0.25) is 0 Å². The molecule has 0 radical (unpaired) electrons. The van der Waals surface area contributed by atoms with Crippen LogP contribution < -0.4 is 0 Å². The fourth-order valence-corrected chi connectivity index (χ4v) is 3.14. The predicted octanol–water partition coefficient (Wildman–Crippen LogP) is 3.73. The normalized spacial score (nSPS) is 10.7. The molecule has 0 amide bonds. The van der Waals surface area contributed by atoms with Crippen molar-refractivity contribution >= 4 is 15.2 Å². The third-order valence-electron chi connectivity index (χ3n) is 1.90. The summed E-state index contributed by atoms with van der Waals surface area (Å²) in [5.74, 6) is 1.84. The van der Waals surface area contributed by atoms with Crippen molar-refractivity contribution in [1.29, 1.82) is 0 Å². The Labute approximate surface area is 80.0 Å². The fraction of sp³-hybridized carbons (Fsp3) is 1.00. The summed E-state index contributed by atoms with van der Waals surface area (Å²) in [5, 5.41) is 3.04. The van der Waals surface area contributed by atoms with Gasteiger partial charge in [-0.3, -0.25) is 0 Å². The summed E-state index contributed by atoms with van der Waals surface area (Å²) < 4.78 is 0. The molecule has 1 heteroatoms. The van der Waals surface area contributed by atoms with E-state index in [4.69, 9.17) is 0 Å². The van der Waals surface area contributed by atoms with Gasteiger partial charge in [0.15, 0.2) is 0 Å². The molecule has 0 aromatic heterocycles. The van der Waals surface area contributed by atoms with E-state index in [0.717, 1.165) is 27.1 Å². The van der Waals surface area contributed by atoms with Crippen LogP contribution in [0.2, 0.25) is 10.6 Å². The first-order valence-electron chi connectivity index (χ1n) is 4.94. The molecule has 0 aromatic rings. The monoisotopic (exact) mass is 170 g/mol. The third kappa shape index (κ3) is 10.5. The Kier molecular flexibility index (Phi) is 7.54. The van der Waals surface area contributed by atoms with Gasteiger partial charge in [0.1, 0.15) is 0 Å². The average molecular weight is 170 g/mol. The number of hydrogen-bond acceptors (Lipinski definition) is 0. The Morgan fingerprint density at radius 1 is 0.909 bits per heavy atom. The average Bonchev–Trinajstić information content (AvgIpc) is 1.85. The van der Waals surface area contributed by atoms with Gasteiger partial charge in [-0.2, -0.15) is 0 Å². The largest absolute Gasteiger partial charge is 1.00 e. The molecule has 0 atom stereocenters. The first-order valence-corrected chi connectivity index (χ1v) is 6.58. The van der Waals surface area contributed by atoms with Crippen LogP contribution in [0.15, 0.2) is 0 Å². The molecular weight excluding hydrogens is 147 g/mol. The fourth-order valence-electron chi connectivity index (χ4n) is 1.05. The minimum absolute atomic E-state index is 0. The van der Waals surface area contributed by atoms with Gasteiger partial charge in [0.25, 0.3) is 0 Å². The van der Waals surface area contributed by atoms with Gasteiger partial charge >= 0.3 is 78.2 Å². The maximum atomic E-state index is 2.32. The second-order valence-corrected chi connectivity index (χ2v) is 5.96. The molecule has 66 valence electrons. The van der Waals surface area contributed by atoms with Crippen molar-refractivity contribution in [3.8, 4) is 0 Å². The molecule has 0 fully saturated rings. The van der Waals surface area contributed by atoms with Crippen molar-refractivity contribution in [3.05, 3.63) is 0 Å². The Hall–Kier alpha value is 0.532. The molecule has 0 N–H and O–H groups in total. The molecule has 0 unspecified atom stereocenters. The number of hydrogen-bond donors (Lipinski definition) is 0. The summed E-state index contributed by atoms with van der Waals surface area (Å²) in [6, 6.07) is 0. The Morgan fingerprint density at radius 2 is 1.27 bits per heavy atom. The van der Waals surface area contributed by atoms with Crippen LogP contribution in [0.1, 0.15) is 42.0 Å². The van der Waals surface area contributed by atoms with Crippen molar-refractivity contribution in [2.24, 2.45) is 11.8 Å². The molecule has 0 aliphatic rings. The molecule has 0 bridgehead atoms. The summed E-state index contributed by atoms with van der Waals surface area (Å²) in [6.07, 6.45) is 2.90. The first kappa shape index (κ1) is 11.5. The molecule has 0 heterocycles. The van der Waals surface area contributed by atoms with Crippen molar-refractivity contribution in [3.63, 3.8) is 0 Å². The third-order valence-corrected chi connectivity index (χ3v) is 3.38. The van der Waals surface area contributed by atoms with Crippen molar-refractivity contribution < 1.29 is 1.43 Å². The van der Waals surface area contributed by atoms with Crippen LogP contribution in [0.25, 0.3) is 0 Å². The van der Waals surface area contributed by atoms with E-state index >= 15 is 0 Å². The first-order chi connectivity index (χ1) is 5.13. The molecule has 11 heavy (non-hydrogen) atoms. The number of rotatable bonds is 6. The van der Waals surface area contributed by atoms with E-state index in [0.29, 0.717) is 0 Å². The van der Waals surface area contributed by atoms with E-state index in [1.165, 1.54) is 23.4 Å². The molecule has 0 nitrogen and oxygen atoms in total. The second kappa shape index (κ2) is 7.20. The van der Waals surface area contributed by atoms with Gasteiger partial charge in [-0.05, 0) is 0 Å². The van der Waals surface area contributed by atoms with Crippen molar-refractivity contribution in [1.82, 2.24) is 0 Å². The van der Waals surface area contributed by atoms with Gasteiger partial charge in [0, 0.05) is 0 Å². The minimum atomic E-state index is 0. The van der Waals surface area contributed by atoms with Crippen LogP contribution >= 0.6 is 0 Å². The quantitative estimate of drug-likeness (QED) is 0.421. The Balaban J connectivity index is 0. The van der Waals surface area contributed by atoms with E-state index in [1.807, 2.05) is 0 Å². The maximum Gasteiger partial charge on any atom is -1.00 e. The van der Waals surface area contributed by atoms with Crippen molar-refractivity contribution in [2.45, 2.75) is 51.1 Å². The second-order valence-electron chi connectivity index (χ2n) is 4.23. The zero-order valence-corrected chi connectivity index (χ0v) is 9.72. The van der Waals surface area contributed by atoms with E-state index in [9.17, 15) is 0 Å². The molecule has 0 aliphatic heterocycles. The summed E-state index contributed by atoms with van der Waals surface area (Å²) >= 11 is 0.772. The van der Waals surface area contributed by atoms with Gasteiger partial charge in [-0.25, -0.2) is 0 Å².